The third kappa shape index (κ3) is 3.77. The van der Waals surface area contributed by atoms with Crippen LogP contribution in [-0.4, -0.2) is 83.8 Å². The van der Waals surface area contributed by atoms with Crippen LogP contribution in [0, 0.1) is 17.8 Å². The lowest BCUT2D eigenvalue weighted by atomic mass is 9.56. The number of likely N-dealkylation sites (tertiary alicyclic amines) is 1. The summed E-state index contributed by atoms with van der Waals surface area (Å²) in [6.45, 7) is 2.77. The Balaban J connectivity index is 1.31. The number of rotatable bonds is 4. The fourth-order valence-corrected chi connectivity index (χ4v) is 8.95. The molecule has 0 bridgehead atoms. The van der Waals surface area contributed by atoms with Gasteiger partial charge >= 0.3 is 0 Å². The fourth-order valence-electron chi connectivity index (χ4n) is 7.95. The molecule has 230 valence electrons. The largest absolute Gasteiger partial charge is 0.508 e. The average molecular weight is 641 g/mol. The van der Waals surface area contributed by atoms with Crippen molar-refractivity contribution in [3.8, 4) is 11.5 Å². The van der Waals surface area contributed by atoms with Gasteiger partial charge in [0, 0.05) is 37.3 Å². The van der Waals surface area contributed by atoms with Gasteiger partial charge in [-0.15, -0.1) is 23.2 Å². The quantitative estimate of drug-likeness (QED) is 0.307. The van der Waals surface area contributed by atoms with Gasteiger partial charge in [-0.2, -0.15) is 0 Å². The summed E-state index contributed by atoms with van der Waals surface area (Å²) in [5.41, 5.74) is 2.22. The molecule has 6 unspecified atom stereocenters. The van der Waals surface area contributed by atoms with Crippen molar-refractivity contribution in [2.75, 3.05) is 50.3 Å². The lowest BCUT2D eigenvalue weighted by molar-refractivity contribution is -0.138. The molecule has 1 N–H and O–H groups in total. The molecule has 2 aromatic carbocycles. The highest BCUT2D eigenvalue weighted by atomic mass is 35.5. The highest BCUT2D eigenvalue weighted by Crippen LogP contribution is 2.66. The number of allylic oxidation sites excluding steroid dienone is 2. The Hall–Kier alpha value is -3.60. The number of benzene rings is 2. The number of imide groups is 2. The number of alkyl halides is 2. The number of amides is 4. The molecule has 0 radical (unpaired) electrons. The lowest BCUT2D eigenvalue weighted by Gasteiger charge is -2.50. The number of carbonyl (C=O) groups excluding carboxylic acids is 4. The van der Waals surface area contributed by atoms with E-state index in [1.807, 2.05) is 18.2 Å². The smallest absolute Gasteiger partial charge is 0.253 e. The van der Waals surface area contributed by atoms with Gasteiger partial charge in [-0.25, -0.2) is 0 Å². The Morgan fingerprint density at radius 3 is 2.30 bits per heavy atom. The average Bonchev–Trinajstić information content (AvgIpc) is 3.36. The molecule has 2 aromatic rings. The lowest BCUT2D eigenvalue weighted by Crippen LogP contribution is -2.60. The number of fused-ring (bicyclic) bond motifs is 4. The second-order valence-electron chi connectivity index (χ2n) is 12.0. The summed E-state index contributed by atoms with van der Waals surface area (Å²) in [5, 5.41) is 11.1. The number of hydrogen-bond donors (Lipinski definition) is 1. The first-order chi connectivity index (χ1) is 21.0. The van der Waals surface area contributed by atoms with E-state index in [1.54, 1.807) is 24.3 Å². The molecule has 4 fully saturated rings. The third-order valence-corrected chi connectivity index (χ3v) is 11.5. The van der Waals surface area contributed by atoms with Crippen LogP contribution in [-0.2, 0) is 23.9 Å². The first-order valence-electron chi connectivity index (χ1n) is 14.6. The molecular weight excluding hydrogens is 609 g/mol. The van der Waals surface area contributed by atoms with Crippen molar-refractivity contribution in [3.63, 3.8) is 0 Å². The molecule has 3 aliphatic heterocycles. The van der Waals surface area contributed by atoms with Crippen LogP contribution in [0.1, 0.15) is 24.3 Å². The van der Waals surface area contributed by atoms with Crippen LogP contribution in [0.4, 0.5) is 11.4 Å². The van der Waals surface area contributed by atoms with Crippen LogP contribution in [0.15, 0.2) is 54.1 Å². The molecule has 1 saturated carbocycles. The van der Waals surface area contributed by atoms with E-state index in [1.165, 1.54) is 25.1 Å². The van der Waals surface area contributed by atoms with E-state index in [9.17, 15) is 24.3 Å². The third-order valence-electron chi connectivity index (χ3n) is 10.1. The van der Waals surface area contributed by atoms with Gasteiger partial charge < -0.3 is 19.5 Å². The number of ether oxygens (including phenoxy) is 2. The van der Waals surface area contributed by atoms with Gasteiger partial charge in [0.15, 0.2) is 9.75 Å². The summed E-state index contributed by atoms with van der Waals surface area (Å²) in [7, 11) is 2.75. The van der Waals surface area contributed by atoms with Crippen LogP contribution in [0.2, 0.25) is 0 Å². The molecule has 2 aliphatic carbocycles. The number of aromatic hydroxyl groups is 1. The summed E-state index contributed by atoms with van der Waals surface area (Å²) in [6, 6.07) is 12.0. The minimum Gasteiger partial charge on any atom is -0.508 e. The Morgan fingerprint density at radius 1 is 0.932 bits per heavy atom. The molecule has 5 aliphatic rings. The Morgan fingerprint density at radius 2 is 1.61 bits per heavy atom. The predicted molar refractivity (Wildman–Crippen MR) is 162 cm³/mol. The SMILES string of the molecule is COc1cccc(O)c1C1C2=CCC3C(=O)N(c4ccc(N5CCOCC5)cc4)C(=O)C3C2CC2(Cl)C(=O)N(C)C(=O)C12Cl. The van der Waals surface area contributed by atoms with Crippen molar-refractivity contribution in [1.29, 1.82) is 0 Å². The number of anilines is 2. The first-order valence-corrected chi connectivity index (χ1v) is 15.4. The molecule has 6 atom stereocenters. The van der Waals surface area contributed by atoms with Gasteiger partial charge in [-0.1, -0.05) is 17.7 Å². The second kappa shape index (κ2) is 10.2. The number of phenolic OH excluding ortho intramolecular Hbond substituents is 1. The van der Waals surface area contributed by atoms with Crippen molar-refractivity contribution < 1.29 is 33.8 Å². The van der Waals surface area contributed by atoms with Gasteiger partial charge in [0.1, 0.15) is 11.5 Å². The molecule has 3 heterocycles. The minimum atomic E-state index is -2.01. The standard InChI is InChI=1S/C32H31Cl2N3O7/c1-35-29(41)31(33)16-21-19(26(32(31,34)30(35)42)25-22(38)4-3-5-23(25)43-2)10-11-20-24(21)28(40)37(27(20)39)18-8-6-17(7-9-18)36-12-14-44-15-13-36/h3-10,20-21,24,26,38H,11-16H2,1-2H3. The van der Waals surface area contributed by atoms with Crippen molar-refractivity contribution in [2.45, 2.75) is 28.5 Å². The molecule has 12 heteroatoms. The number of carbonyl (C=O) groups is 4. The molecular formula is C32H31Cl2N3O7. The molecule has 10 nitrogen and oxygen atoms in total. The number of methoxy groups -OCH3 is 1. The zero-order chi connectivity index (χ0) is 31.1. The highest BCUT2D eigenvalue weighted by Gasteiger charge is 2.76. The molecule has 44 heavy (non-hydrogen) atoms. The van der Waals surface area contributed by atoms with Crippen LogP contribution in [0.3, 0.4) is 0 Å². The summed E-state index contributed by atoms with van der Waals surface area (Å²) in [5.74, 6) is -5.40. The summed E-state index contributed by atoms with van der Waals surface area (Å²) in [6.07, 6.45) is 1.92. The number of halogens is 2. The number of nitrogens with zero attached hydrogens (tertiary/aromatic N) is 3. The van der Waals surface area contributed by atoms with Crippen molar-refractivity contribution in [2.24, 2.45) is 17.8 Å². The van der Waals surface area contributed by atoms with Crippen LogP contribution >= 0.6 is 23.2 Å². The van der Waals surface area contributed by atoms with E-state index in [-0.39, 0.29) is 35.8 Å². The maximum atomic E-state index is 14.3. The summed E-state index contributed by atoms with van der Waals surface area (Å²) in [4.78, 5) is 55.9. The van der Waals surface area contributed by atoms with Crippen LogP contribution in [0.5, 0.6) is 11.5 Å². The van der Waals surface area contributed by atoms with Crippen molar-refractivity contribution in [3.05, 3.63) is 59.7 Å². The van der Waals surface area contributed by atoms with Crippen molar-refractivity contribution in [1.82, 2.24) is 4.90 Å². The molecule has 4 amide bonds. The minimum absolute atomic E-state index is 0.130. The topological polar surface area (TPSA) is 117 Å². The zero-order valence-corrected chi connectivity index (χ0v) is 25.7. The number of hydrogen-bond acceptors (Lipinski definition) is 8. The Bertz CT molecular complexity index is 1620. The fraction of sp³-hybridized carbons (Fsp3) is 0.438. The molecule has 7 rings (SSSR count). The summed E-state index contributed by atoms with van der Waals surface area (Å²) < 4.78 is 11.0. The predicted octanol–water partition coefficient (Wildman–Crippen LogP) is 3.43. The maximum absolute atomic E-state index is 14.3. The van der Waals surface area contributed by atoms with Gasteiger partial charge in [-0.3, -0.25) is 29.0 Å². The first kappa shape index (κ1) is 29.1. The van der Waals surface area contributed by atoms with E-state index in [0.717, 1.165) is 23.7 Å². The van der Waals surface area contributed by atoms with Gasteiger partial charge in [0.25, 0.3) is 11.8 Å². The van der Waals surface area contributed by atoms with E-state index >= 15 is 0 Å². The van der Waals surface area contributed by atoms with Gasteiger partial charge in [0.2, 0.25) is 11.8 Å². The van der Waals surface area contributed by atoms with Crippen LogP contribution in [0.25, 0.3) is 0 Å². The van der Waals surface area contributed by atoms with Gasteiger partial charge in [-0.05, 0) is 55.2 Å². The summed E-state index contributed by atoms with van der Waals surface area (Å²) >= 11 is 14.4. The van der Waals surface area contributed by atoms with Gasteiger partial charge in [0.05, 0.1) is 37.8 Å². The maximum Gasteiger partial charge on any atom is 0.253 e. The highest BCUT2D eigenvalue weighted by molar-refractivity contribution is 6.53. The molecule has 3 saturated heterocycles. The zero-order valence-electron chi connectivity index (χ0n) is 24.2. The Labute approximate surface area is 264 Å². The van der Waals surface area contributed by atoms with E-state index in [2.05, 4.69) is 4.90 Å². The molecule has 0 spiro atoms. The van der Waals surface area contributed by atoms with E-state index in [4.69, 9.17) is 32.7 Å². The monoisotopic (exact) mass is 639 g/mol. The second-order valence-corrected chi connectivity index (χ2v) is 13.3. The number of phenols is 1. The molecule has 0 aromatic heterocycles. The Kier molecular flexibility index (Phi) is 6.77. The van der Waals surface area contributed by atoms with Crippen LogP contribution < -0.4 is 14.5 Å². The van der Waals surface area contributed by atoms with E-state index in [0.29, 0.717) is 24.5 Å². The van der Waals surface area contributed by atoms with E-state index < -0.39 is 51.1 Å². The number of morpholine rings is 1. The normalized spacial score (nSPS) is 33.3. The van der Waals surface area contributed by atoms with Crippen molar-refractivity contribution >= 4 is 58.2 Å².